The van der Waals surface area contributed by atoms with Gasteiger partial charge in [0.2, 0.25) is 10.0 Å². The molecular formula is C7H16N2O3S. The molecule has 1 fully saturated rings. The van der Waals surface area contributed by atoms with E-state index >= 15 is 0 Å². The van der Waals surface area contributed by atoms with Crippen LogP contribution in [0.2, 0.25) is 0 Å². The van der Waals surface area contributed by atoms with Crippen LogP contribution in [0.4, 0.5) is 0 Å². The van der Waals surface area contributed by atoms with Gasteiger partial charge in [0.15, 0.2) is 0 Å². The molecule has 0 unspecified atom stereocenters. The fraction of sp³-hybridized carbons (Fsp3) is 1.00. The highest BCUT2D eigenvalue weighted by Gasteiger charge is 2.27. The first kappa shape index (κ1) is 10.9. The maximum absolute atomic E-state index is 11.3. The lowest BCUT2D eigenvalue weighted by Gasteiger charge is -2.13. The van der Waals surface area contributed by atoms with Gasteiger partial charge in [0.05, 0.1) is 19.0 Å². The number of sulfonamides is 1. The van der Waals surface area contributed by atoms with Crippen molar-refractivity contribution >= 4 is 10.0 Å². The van der Waals surface area contributed by atoms with E-state index in [2.05, 4.69) is 0 Å². The minimum absolute atomic E-state index is 0.282. The van der Waals surface area contributed by atoms with E-state index < -0.39 is 10.0 Å². The average Bonchev–Trinajstić information content (AvgIpc) is 2.40. The molecule has 1 saturated heterocycles. The lowest BCUT2D eigenvalue weighted by atomic mass is 10.5. The molecule has 5 nitrogen and oxygen atoms in total. The second-order valence-electron chi connectivity index (χ2n) is 2.97. The fourth-order valence-corrected chi connectivity index (χ4v) is 2.81. The minimum Gasteiger partial charge on any atom is -0.379 e. The molecule has 1 rings (SSSR count). The molecular weight excluding hydrogens is 192 g/mol. The average molecular weight is 208 g/mol. The Bertz CT molecular complexity index is 240. The van der Waals surface area contributed by atoms with Gasteiger partial charge < -0.3 is 10.5 Å². The third-order valence-electron chi connectivity index (χ3n) is 1.95. The summed E-state index contributed by atoms with van der Waals surface area (Å²) in [4.78, 5) is 0. The summed E-state index contributed by atoms with van der Waals surface area (Å²) in [6.45, 7) is 2.51. The molecule has 0 amide bonds. The van der Waals surface area contributed by atoms with Crippen LogP contribution in [0.25, 0.3) is 0 Å². The Kier molecular flexibility index (Phi) is 4.11. The summed E-state index contributed by atoms with van der Waals surface area (Å²) in [5.41, 5.74) is 5.22. The van der Waals surface area contributed by atoms with Crippen LogP contribution in [-0.2, 0) is 14.8 Å². The molecule has 0 saturated carbocycles. The predicted molar refractivity (Wildman–Crippen MR) is 49.9 cm³/mol. The van der Waals surface area contributed by atoms with Crippen LogP contribution in [0.5, 0.6) is 0 Å². The second-order valence-corrected chi connectivity index (χ2v) is 5.06. The smallest absolute Gasteiger partial charge is 0.214 e. The molecule has 2 N–H and O–H groups in total. The van der Waals surface area contributed by atoms with Gasteiger partial charge in [-0.3, -0.25) is 0 Å². The van der Waals surface area contributed by atoms with Crippen LogP contribution >= 0.6 is 0 Å². The number of nitrogens with zero attached hydrogens (tertiary/aromatic N) is 1. The molecule has 0 aromatic rings. The molecule has 78 valence electrons. The molecule has 13 heavy (non-hydrogen) atoms. The highest BCUT2D eigenvalue weighted by atomic mass is 32.2. The lowest BCUT2D eigenvalue weighted by molar-refractivity contribution is 0.131. The summed E-state index contributed by atoms with van der Waals surface area (Å²) in [5.74, 6) is 0.282. The summed E-state index contributed by atoms with van der Waals surface area (Å²) in [5, 5.41) is 0. The zero-order valence-electron chi connectivity index (χ0n) is 7.61. The van der Waals surface area contributed by atoms with Gasteiger partial charge in [0, 0.05) is 19.6 Å². The molecule has 0 bridgehead atoms. The number of ether oxygens (including phenoxy) is 1. The van der Waals surface area contributed by atoms with Gasteiger partial charge in [-0.1, -0.05) is 0 Å². The van der Waals surface area contributed by atoms with Crippen LogP contribution in [0.1, 0.15) is 6.42 Å². The van der Waals surface area contributed by atoms with E-state index in [0.717, 1.165) is 6.42 Å². The lowest BCUT2D eigenvalue weighted by Crippen LogP contribution is -2.29. The predicted octanol–water partition coefficient (Wildman–Crippen LogP) is -1.00. The number of hydrogen-bond donors (Lipinski definition) is 1. The first-order chi connectivity index (χ1) is 6.17. The molecule has 0 atom stereocenters. The van der Waals surface area contributed by atoms with Gasteiger partial charge in [-0.25, -0.2) is 8.42 Å². The van der Waals surface area contributed by atoms with Crippen molar-refractivity contribution in [3.8, 4) is 0 Å². The van der Waals surface area contributed by atoms with Gasteiger partial charge in [-0.15, -0.1) is 0 Å². The quantitative estimate of drug-likeness (QED) is 0.588. The van der Waals surface area contributed by atoms with Crippen LogP contribution < -0.4 is 5.73 Å². The third-order valence-corrected chi connectivity index (χ3v) is 3.91. The zero-order valence-corrected chi connectivity index (χ0v) is 8.42. The number of nitrogens with two attached hydrogens (primary N) is 1. The van der Waals surface area contributed by atoms with Crippen LogP contribution in [0.3, 0.4) is 0 Å². The van der Waals surface area contributed by atoms with E-state index in [-0.39, 0.29) is 5.75 Å². The van der Waals surface area contributed by atoms with Crippen LogP contribution in [0, 0.1) is 0 Å². The minimum atomic E-state index is -2.95. The van der Waals surface area contributed by atoms with Gasteiger partial charge in [-0.05, 0) is 6.42 Å². The second kappa shape index (κ2) is 4.90. The summed E-state index contributed by atoms with van der Waals surface area (Å²) in [6, 6.07) is 0. The van der Waals surface area contributed by atoms with Crippen molar-refractivity contribution in [3.05, 3.63) is 0 Å². The van der Waals surface area contributed by atoms with Crippen LogP contribution in [-0.4, -0.2) is 51.3 Å². The third kappa shape index (κ3) is 3.22. The highest BCUT2D eigenvalue weighted by molar-refractivity contribution is 7.89. The standard InChI is InChI=1S/C7H16N2O3S/c8-2-5-12-6-4-9-3-1-7-13(9,10)11/h1-8H2. The molecule has 0 spiro atoms. The Hall–Kier alpha value is -0.170. The molecule has 1 aliphatic heterocycles. The van der Waals surface area contributed by atoms with E-state index in [0.29, 0.717) is 32.8 Å². The van der Waals surface area contributed by atoms with Crippen molar-refractivity contribution in [1.29, 1.82) is 0 Å². The van der Waals surface area contributed by atoms with Crippen LogP contribution in [0.15, 0.2) is 0 Å². The first-order valence-electron chi connectivity index (χ1n) is 4.42. The van der Waals surface area contributed by atoms with E-state index in [4.69, 9.17) is 10.5 Å². The Labute approximate surface area is 78.9 Å². The zero-order chi connectivity index (χ0) is 9.73. The Morgan fingerprint density at radius 2 is 2.15 bits per heavy atom. The van der Waals surface area contributed by atoms with E-state index in [1.807, 2.05) is 0 Å². The molecule has 0 radical (unpaired) electrons. The summed E-state index contributed by atoms with van der Waals surface area (Å²) in [7, 11) is -2.95. The summed E-state index contributed by atoms with van der Waals surface area (Å²) < 4.78 is 29.1. The van der Waals surface area contributed by atoms with Gasteiger partial charge >= 0.3 is 0 Å². The van der Waals surface area contributed by atoms with Gasteiger partial charge in [0.25, 0.3) is 0 Å². The monoisotopic (exact) mass is 208 g/mol. The SMILES string of the molecule is NCCOCCN1CCCS1(=O)=O. The fourth-order valence-electron chi connectivity index (χ4n) is 1.29. The van der Waals surface area contributed by atoms with Crippen molar-refractivity contribution in [2.24, 2.45) is 5.73 Å². The Morgan fingerprint density at radius 1 is 1.38 bits per heavy atom. The van der Waals surface area contributed by atoms with Gasteiger partial charge in [0.1, 0.15) is 0 Å². The van der Waals surface area contributed by atoms with Crippen molar-refractivity contribution in [2.75, 3.05) is 38.6 Å². The van der Waals surface area contributed by atoms with Crippen molar-refractivity contribution in [1.82, 2.24) is 4.31 Å². The van der Waals surface area contributed by atoms with E-state index in [1.165, 1.54) is 4.31 Å². The van der Waals surface area contributed by atoms with E-state index in [9.17, 15) is 8.42 Å². The number of hydrogen-bond acceptors (Lipinski definition) is 4. The molecule has 0 aromatic carbocycles. The van der Waals surface area contributed by atoms with Crippen molar-refractivity contribution in [3.63, 3.8) is 0 Å². The maximum Gasteiger partial charge on any atom is 0.214 e. The molecule has 1 aliphatic rings. The first-order valence-corrected chi connectivity index (χ1v) is 6.03. The summed E-state index contributed by atoms with van der Waals surface area (Å²) >= 11 is 0. The highest BCUT2D eigenvalue weighted by Crippen LogP contribution is 2.11. The van der Waals surface area contributed by atoms with Crippen molar-refractivity contribution in [2.45, 2.75) is 6.42 Å². The normalized spacial score (nSPS) is 22.2. The molecule has 1 heterocycles. The Balaban J connectivity index is 2.22. The maximum atomic E-state index is 11.3. The molecule has 0 aromatic heterocycles. The molecule has 0 aliphatic carbocycles. The topological polar surface area (TPSA) is 72.6 Å². The Morgan fingerprint density at radius 3 is 2.69 bits per heavy atom. The van der Waals surface area contributed by atoms with Gasteiger partial charge in [-0.2, -0.15) is 4.31 Å². The largest absolute Gasteiger partial charge is 0.379 e. The number of rotatable bonds is 5. The molecule has 6 heteroatoms. The van der Waals surface area contributed by atoms with E-state index in [1.54, 1.807) is 0 Å². The summed E-state index contributed by atoms with van der Waals surface area (Å²) in [6.07, 6.45) is 0.735. The van der Waals surface area contributed by atoms with Crippen molar-refractivity contribution < 1.29 is 13.2 Å².